The zero-order chi connectivity index (χ0) is 26.8. The summed E-state index contributed by atoms with van der Waals surface area (Å²) in [6.45, 7) is 6.67. The Balaban J connectivity index is 2.28. The van der Waals surface area contributed by atoms with Crippen molar-refractivity contribution in [2.75, 3.05) is 20.8 Å². The molecular weight excluding hydrogens is 505 g/mol. The van der Waals surface area contributed by atoms with Crippen molar-refractivity contribution in [1.82, 2.24) is 5.32 Å². The number of aliphatic carboxylic acids is 1. The molecule has 9 heteroatoms. The topological polar surface area (TPSA) is 94.1 Å². The molecular formula is C27H33Cl2NO6. The monoisotopic (exact) mass is 537 g/mol. The summed E-state index contributed by atoms with van der Waals surface area (Å²) in [7, 11) is 3.19. The van der Waals surface area contributed by atoms with Crippen LogP contribution in [0.15, 0.2) is 46.5 Å². The van der Waals surface area contributed by atoms with Crippen LogP contribution in [0.2, 0.25) is 0 Å². The fourth-order valence-corrected chi connectivity index (χ4v) is 4.32. The summed E-state index contributed by atoms with van der Waals surface area (Å²) < 4.78 is 16.7. The summed E-state index contributed by atoms with van der Waals surface area (Å²) in [4.78, 5) is 24.4. The zero-order valence-corrected chi connectivity index (χ0v) is 22.7. The van der Waals surface area contributed by atoms with Crippen molar-refractivity contribution in [3.05, 3.63) is 57.6 Å². The summed E-state index contributed by atoms with van der Waals surface area (Å²) >= 11 is 11.7. The van der Waals surface area contributed by atoms with Gasteiger partial charge in [-0.15, -0.1) is 0 Å². The van der Waals surface area contributed by atoms with Crippen LogP contribution in [-0.2, 0) is 27.4 Å². The number of halogens is 2. The minimum atomic E-state index is -1.16. The number of carbonyl (C=O) groups is 2. The van der Waals surface area contributed by atoms with Gasteiger partial charge in [0.1, 0.15) is 22.0 Å². The molecule has 0 aliphatic heterocycles. The van der Waals surface area contributed by atoms with Gasteiger partial charge in [0.2, 0.25) is 0 Å². The molecule has 2 rings (SSSR count). The predicted octanol–water partition coefficient (Wildman–Crippen LogP) is 5.75. The van der Waals surface area contributed by atoms with Crippen molar-refractivity contribution in [3.8, 4) is 22.6 Å². The van der Waals surface area contributed by atoms with E-state index in [1.807, 2.05) is 36.4 Å². The van der Waals surface area contributed by atoms with Gasteiger partial charge in [-0.1, -0.05) is 68.2 Å². The SMILES string of the molecule is CCCOCc1cc(OC)c(-c2ccc(C[C@H](NC(=O)C(=C(Cl)Cl)C(C)C)C(=O)O)cc2)c(OC)c1. The molecule has 2 aromatic carbocycles. The molecule has 196 valence electrons. The average Bonchev–Trinajstić information content (AvgIpc) is 2.83. The van der Waals surface area contributed by atoms with E-state index in [2.05, 4.69) is 12.2 Å². The fraction of sp³-hybridized carbons (Fsp3) is 0.407. The second-order valence-electron chi connectivity index (χ2n) is 8.52. The first-order chi connectivity index (χ1) is 17.1. The minimum absolute atomic E-state index is 0.0780. The molecule has 36 heavy (non-hydrogen) atoms. The van der Waals surface area contributed by atoms with Crippen LogP contribution in [-0.4, -0.2) is 43.9 Å². The lowest BCUT2D eigenvalue weighted by atomic mass is 9.97. The first-order valence-electron chi connectivity index (χ1n) is 11.6. The van der Waals surface area contributed by atoms with Crippen molar-refractivity contribution in [2.45, 2.75) is 46.3 Å². The van der Waals surface area contributed by atoms with Gasteiger partial charge in [-0.25, -0.2) is 4.79 Å². The third kappa shape index (κ3) is 7.88. The number of amides is 1. The molecule has 0 heterocycles. The highest BCUT2D eigenvalue weighted by Crippen LogP contribution is 2.40. The van der Waals surface area contributed by atoms with Gasteiger partial charge in [0.15, 0.2) is 0 Å². The molecule has 0 aromatic heterocycles. The maximum absolute atomic E-state index is 12.6. The number of carboxylic acids is 1. The number of carbonyl (C=O) groups excluding carboxylic acids is 1. The van der Waals surface area contributed by atoms with Crippen molar-refractivity contribution in [1.29, 1.82) is 0 Å². The van der Waals surface area contributed by atoms with Crippen molar-refractivity contribution >= 4 is 35.1 Å². The Kier molecular flexibility index (Phi) is 11.6. The van der Waals surface area contributed by atoms with Gasteiger partial charge in [-0.3, -0.25) is 4.79 Å². The van der Waals surface area contributed by atoms with E-state index in [1.54, 1.807) is 28.1 Å². The van der Waals surface area contributed by atoms with Gasteiger partial charge in [0.05, 0.1) is 26.4 Å². The van der Waals surface area contributed by atoms with Gasteiger partial charge in [0.25, 0.3) is 5.91 Å². The number of nitrogens with one attached hydrogen (secondary N) is 1. The summed E-state index contributed by atoms with van der Waals surface area (Å²) in [5.41, 5.74) is 3.41. The van der Waals surface area contributed by atoms with Crippen LogP contribution in [0.5, 0.6) is 11.5 Å². The third-order valence-corrected chi connectivity index (χ3v) is 5.90. The quantitative estimate of drug-likeness (QED) is 0.249. The van der Waals surface area contributed by atoms with Crippen molar-refractivity contribution < 1.29 is 28.9 Å². The molecule has 0 radical (unpaired) electrons. The number of ether oxygens (including phenoxy) is 3. The lowest BCUT2D eigenvalue weighted by Crippen LogP contribution is -2.43. The second kappa shape index (κ2) is 14.1. The first kappa shape index (κ1) is 29.5. The van der Waals surface area contributed by atoms with Crippen LogP contribution < -0.4 is 14.8 Å². The number of rotatable bonds is 13. The second-order valence-corrected chi connectivity index (χ2v) is 9.47. The molecule has 0 saturated carbocycles. The normalized spacial score (nSPS) is 11.7. The number of methoxy groups -OCH3 is 2. The molecule has 2 aromatic rings. The van der Waals surface area contributed by atoms with Crippen LogP contribution in [0.1, 0.15) is 38.3 Å². The Hall–Kier alpha value is -2.74. The van der Waals surface area contributed by atoms with E-state index in [4.69, 9.17) is 37.4 Å². The van der Waals surface area contributed by atoms with Crippen molar-refractivity contribution in [3.63, 3.8) is 0 Å². The van der Waals surface area contributed by atoms with E-state index in [0.717, 1.165) is 28.7 Å². The maximum atomic E-state index is 12.6. The van der Waals surface area contributed by atoms with E-state index in [1.165, 1.54) is 0 Å². The van der Waals surface area contributed by atoms with Gasteiger partial charge in [-0.2, -0.15) is 0 Å². The minimum Gasteiger partial charge on any atom is -0.496 e. The van der Waals surface area contributed by atoms with Crippen LogP contribution in [0, 0.1) is 5.92 Å². The average molecular weight is 538 g/mol. The molecule has 1 atom stereocenters. The van der Waals surface area contributed by atoms with E-state index in [0.29, 0.717) is 24.7 Å². The van der Waals surface area contributed by atoms with E-state index in [9.17, 15) is 14.7 Å². The number of benzene rings is 2. The Morgan fingerprint density at radius 3 is 2.03 bits per heavy atom. The Labute approximate surface area is 222 Å². The van der Waals surface area contributed by atoms with E-state index < -0.39 is 17.9 Å². The highest BCUT2D eigenvalue weighted by Gasteiger charge is 2.25. The van der Waals surface area contributed by atoms with E-state index >= 15 is 0 Å². The van der Waals surface area contributed by atoms with Crippen LogP contribution in [0.3, 0.4) is 0 Å². The Morgan fingerprint density at radius 2 is 1.58 bits per heavy atom. The van der Waals surface area contributed by atoms with Crippen LogP contribution in [0.4, 0.5) is 0 Å². The van der Waals surface area contributed by atoms with Gasteiger partial charge >= 0.3 is 5.97 Å². The Morgan fingerprint density at radius 1 is 1.00 bits per heavy atom. The van der Waals surface area contributed by atoms with Gasteiger partial charge < -0.3 is 24.6 Å². The molecule has 0 bridgehead atoms. The predicted molar refractivity (Wildman–Crippen MR) is 142 cm³/mol. The highest BCUT2D eigenvalue weighted by atomic mass is 35.5. The molecule has 1 amide bonds. The molecule has 0 unspecified atom stereocenters. The first-order valence-corrected chi connectivity index (χ1v) is 12.4. The Bertz CT molecular complexity index is 1050. The lowest BCUT2D eigenvalue weighted by molar-refractivity contribution is -0.141. The molecule has 0 spiro atoms. The number of carboxylic acid groups (broad SMARTS) is 1. The highest BCUT2D eigenvalue weighted by molar-refractivity contribution is 6.57. The molecule has 0 saturated heterocycles. The third-order valence-electron chi connectivity index (χ3n) is 5.49. The number of hydrogen-bond donors (Lipinski definition) is 2. The summed E-state index contributed by atoms with van der Waals surface area (Å²) in [6, 6.07) is 10.0. The van der Waals surface area contributed by atoms with Crippen LogP contribution >= 0.6 is 23.2 Å². The molecule has 0 aliphatic rings. The standard InChI is InChI=1S/C27H33Cl2NO6/c1-6-11-36-15-18-13-21(34-4)24(22(14-18)35-5)19-9-7-17(8-10-19)12-20(27(32)33)30-26(31)23(16(2)3)25(28)29/h7-10,13-14,16,20H,6,11-12,15H2,1-5H3,(H,30,31)(H,32,33)/t20-/m0/s1. The fourth-order valence-electron chi connectivity index (χ4n) is 3.71. The zero-order valence-electron chi connectivity index (χ0n) is 21.2. The van der Waals surface area contributed by atoms with Gasteiger partial charge in [0, 0.05) is 18.6 Å². The molecule has 0 fully saturated rings. The largest absolute Gasteiger partial charge is 0.496 e. The van der Waals surface area contributed by atoms with Crippen molar-refractivity contribution in [2.24, 2.45) is 5.92 Å². The summed E-state index contributed by atoms with van der Waals surface area (Å²) in [5.74, 6) is -0.757. The molecule has 7 nitrogen and oxygen atoms in total. The lowest BCUT2D eigenvalue weighted by Gasteiger charge is -2.18. The van der Waals surface area contributed by atoms with Crippen LogP contribution in [0.25, 0.3) is 11.1 Å². The smallest absolute Gasteiger partial charge is 0.326 e. The number of hydrogen-bond acceptors (Lipinski definition) is 5. The molecule has 2 N–H and O–H groups in total. The van der Waals surface area contributed by atoms with E-state index in [-0.39, 0.29) is 22.4 Å². The van der Waals surface area contributed by atoms with Gasteiger partial charge in [-0.05, 0) is 41.2 Å². The summed E-state index contributed by atoms with van der Waals surface area (Å²) in [5, 5.41) is 12.2. The summed E-state index contributed by atoms with van der Waals surface area (Å²) in [6.07, 6.45) is 1.01. The maximum Gasteiger partial charge on any atom is 0.326 e. The molecule has 0 aliphatic carbocycles.